The van der Waals surface area contributed by atoms with E-state index in [1.54, 1.807) is 12.1 Å². The molecule has 0 aliphatic carbocycles. The average molecular weight is 237 g/mol. The maximum absolute atomic E-state index is 5.65. The normalized spacial score (nSPS) is 10.4. The third-order valence-corrected chi connectivity index (χ3v) is 2.13. The summed E-state index contributed by atoms with van der Waals surface area (Å²) in [6, 6.07) is 8.92. The van der Waals surface area contributed by atoms with Gasteiger partial charge in [0, 0.05) is 0 Å². The Morgan fingerprint density at radius 1 is 1.12 bits per heavy atom. The smallest absolute Gasteiger partial charge is 0.151 e. The second-order valence-electron chi connectivity index (χ2n) is 3.07. The lowest BCUT2D eigenvalue weighted by Gasteiger charge is -2.02. The Morgan fingerprint density at radius 2 is 2.00 bits per heavy atom. The molecule has 2 N–H and O–H groups in total. The molecule has 0 aromatic carbocycles. The Labute approximate surface area is 97.2 Å². The molecule has 82 valence electrons. The Balaban J connectivity index is 2.32. The molecule has 0 atom stereocenters. The summed E-state index contributed by atoms with van der Waals surface area (Å²) in [5.74, 6) is 4.98. The number of hydrogen-bond acceptors (Lipinski definition) is 5. The molecular formula is C10H9ClN4O. The van der Waals surface area contributed by atoms with E-state index in [4.69, 9.17) is 17.5 Å². The van der Waals surface area contributed by atoms with E-state index >= 15 is 0 Å². The van der Waals surface area contributed by atoms with Crippen LogP contribution in [-0.2, 0) is 11.4 Å². The number of hydrogen-bond donors (Lipinski definition) is 1. The maximum Gasteiger partial charge on any atom is 0.151 e. The van der Waals surface area contributed by atoms with E-state index in [2.05, 4.69) is 20.0 Å². The van der Waals surface area contributed by atoms with Crippen molar-refractivity contribution in [3.8, 4) is 11.4 Å². The Bertz CT molecular complexity index is 475. The van der Waals surface area contributed by atoms with Crippen LogP contribution in [0.1, 0.15) is 5.69 Å². The van der Waals surface area contributed by atoms with Gasteiger partial charge in [-0.05, 0) is 24.3 Å². The van der Waals surface area contributed by atoms with Crippen molar-refractivity contribution in [3.63, 3.8) is 0 Å². The van der Waals surface area contributed by atoms with E-state index in [1.165, 1.54) is 0 Å². The van der Waals surface area contributed by atoms with Crippen LogP contribution in [0.25, 0.3) is 11.4 Å². The highest BCUT2D eigenvalue weighted by Gasteiger charge is 2.03. The van der Waals surface area contributed by atoms with Gasteiger partial charge in [-0.25, -0.2) is 10.9 Å². The van der Waals surface area contributed by atoms with Gasteiger partial charge in [0.15, 0.2) is 5.15 Å². The predicted octanol–water partition coefficient (Wildman–Crippen LogP) is 1.58. The van der Waals surface area contributed by atoms with Crippen LogP contribution in [-0.4, -0.2) is 15.2 Å². The van der Waals surface area contributed by atoms with E-state index < -0.39 is 0 Å². The van der Waals surface area contributed by atoms with Gasteiger partial charge in [-0.3, -0.25) is 4.84 Å². The Morgan fingerprint density at radius 3 is 2.69 bits per heavy atom. The van der Waals surface area contributed by atoms with E-state index in [1.807, 2.05) is 18.2 Å². The van der Waals surface area contributed by atoms with Crippen molar-refractivity contribution < 1.29 is 4.84 Å². The Kier molecular flexibility index (Phi) is 3.40. The van der Waals surface area contributed by atoms with Crippen molar-refractivity contribution in [3.05, 3.63) is 41.2 Å². The van der Waals surface area contributed by atoms with Gasteiger partial charge in [0.2, 0.25) is 0 Å². The minimum Gasteiger partial charge on any atom is -0.298 e. The highest BCUT2D eigenvalue weighted by Crippen LogP contribution is 2.15. The van der Waals surface area contributed by atoms with Crippen molar-refractivity contribution >= 4 is 11.6 Å². The van der Waals surface area contributed by atoms with E-state index in [0.29, 0.717) is 16.5 Å². The molecule has 5 nitrogen and oxygen atoms in total. The SMILES string of the molecule is NOCc1cccc(-c2ccc(Cl)nn2)n1. The highest BCUT2D eigenvalue weighted by molar-refractivity contribution is 6.29. The molecule has 2 heterocycles. The topological polar surface area (TPSA) is 73.9 Å². The molecule has 0 fully saturated rings. The largest absolute Gasteiger partial charge is 0.298 e. The first-order valence-corrected chi connectivity index (χ1v) is 4.94. The van der Waals surface area contributed by atoms with Crippen molar-refractivity contribution in [1.82, 2.24) is 15.2 Å². The lowest BCUT2D eigenvalue weighted by atomic mass is 10.2. The van der Waals surface area contributed by atoms with Gasteiger partial charge in [-0.1, -0.05) is 17.7 Å². The van der Waals surface area contributed by atoms with E-state index in [9.17, 15) is 0 Å². The molecule has 0 aliphatic rings. The van der Waals surface area contributed by atoms with Gasteiger partial charge in [0.05, 0.1) is 11.4 Å². The summed E-state index contributed by atoms with van der Waals surface area (Å²) in [6.45, 7) is 0.259. The van der Waals surface area contributed by atoms with Gasteiger partial charge in [-0.2, -0.15) is 0 Å². The molecule has 2 rings (SSSR count). The molecule has 0 aliphatic heterocycles. The molecule has 0 saturated heterocycles. The summed E-state index contributed by atoms with van der Waals surface area (Å²) in [6.07, 6.45) is 0. The van der Waals surface area contributed by atoms with Crippen LogP contribution in [0.2, 0.25) is 5.15 Å². The van der Waals surface area contributed by atoms with Crippen LogP contribution < -0.4 is 5.90 Å². The zero-order valence-electron chi connectivity index (χ0n) is 8.30. The second-order valence-corrected chi connectivity index (χ2v) is 3.45. The molecule has 0 amide bonds. The van der Waals surface area contributed by atoms with Crippen LogP contribution in [0.15, 0.2) is 30.3 Å². The summed E-state index contributed by atoms with van der Waals surface area (Å²) in [7, 11) is 0. The Hall–Kier alpha value is -1.56. The van der Waals surface area contributed by atoms with Crippen LogP contribution in [0.5, 0.6) is 0 Å². The molecule has 2 aromatic heterocycles. The first-order chi connectivity index (χ1) is 7.79. The maximum atomic E-state index is 5.65. The van der Waals surface area contributed by atoms with Gasteiger partial charge in [0.25, 0.3) is 0 Å². The third kappa shape index (κ3) is 2.52. The van der Waals surface area contributed by atoms with Gasteiger partial charge < -0.3 is 0 Å². The summed E-state index contributed by atoms with van der Waals surface area (Å²) >= 11 is 5.65. The highest BCUT2D eigenvalue weighted by atomic mass is 35.5. The molecule has 0 saturated carbocycles. The van der Waals surface area contributed by atoms with E-state index in [-0.39, 0.29) is 6.61 Å². The quantitative estimate of drug-likeness (QED) is 0.819. The van der Waals surface area contributed by atoms with Crippen LogP contribution >= 0.6 is 11.6 Å². The van der Waals surface area contributed by atoms with Gasteiger partial charge in [-0.15, -0.1) is 10.2 Å². The second kappa shape index (κ2) is 4.98. The summed E-state index contributed by atoms with van der Waals surface area (Å²) in [4.78, 5) is 8.83. The molecule has 2 aromatic rings. The van der Waals surface area contributed by atoms with Crippen LogP contribution in [0.4, 0.5) is 0 Å². The molecule has 0 spiro atoms. The van der Waals surface area contributed by atoms with Crippen molar-refractivity contribution in [2.75, 3.05) is 0 Å². The van der Waals surface area contributed by atoms with Gasteiger partial charge >= 0.3 is 0 Å². The number of nitrogens with two attached hydrogens (primary N) is 1. The number of pyridine rings is 1. The summed E-state index contributed by atoms with van der Waals surface area (Å²) < 4.78 is 0. The molecule has 0 unspecified atom stereocenters. The van der Waals surface area contributed by atoms with Crippen LogP contribution in [0.3, 0.4) is 0 Å². The minimum atomic E-state index is 0.259. The first-order valence-electron chi connectivity index (χ1n) is 4.57. The van der Waals surface area contributed by atoms with Crippen molar-refractivity contribution in [2.24, 2.45) is 5.90 Å². The number of aromatic nitrogens is 3. The number of rotatable bonds is 3. The minimum absolute atomic E-state index is 0.259. The fraction of sp³-hybridized carbons (Fsp3) is 0.100. The molecule has 0 radical (unpaired) electrons. The monoisotopic (exact) mass is 236 g/mol. The third-order valence-electron chi connectivity index (χ3n) is 1.93. The molecular weight excluding hydrogens is 228 g/mol. The lowest BCUT2D eigenvalue weighted by molar-refractivity contribution is 0.121. The summed E-state index contributed by atoms with van der Waals surface area (Å²) in [5.41, 5.74) is 2.10. The predicted molar refractivity (Wildman–Crippen MR) is 59.2 cm³/mol. The fourth-order valence-corrected chi connectivity index (χ4v) is 1.34. The molecule has 6 heteroatoms. The van der Waals surface area contributed by atoms with Crippen molar-refractivity contribution in [1.29, 1.82) is 0 Å². The van der Waals surface area contributed by atoms with Crippen molar-refractivity contribution in [2.45, 2.75) is 6.61 Å². The zero-order chi connectivity index (χ0) is 11.4. The fourth-order valence-electron chi connectivity index (χ4n) is 1.24. The number of nitrogens with zero attached hydrogens (tertiary/aromatic N) is 3. The average Bonchev–Trinajstić information content (AvgIpc) is 2.31. The lowest BCUT2D eigenvalue weighted by Crippen LogP contribution is -2.01. The van der Waals surface area contributed by atoms with E-state index in [0.717, 1.165) is 5.69 Å². The zero-order valence-corrected chi connectivity index (χ0v) is 9.05. The standard InChI is InChI=1S/C10H9ClN4O/c11-10-5-4-9(14-15-10)8-3-1-2-7(13-8)6-16-12/h1-5H,6,12H2. The van der Waals surface area contributed by atoms with Crippen LogP contribution in [0, 0.1) is 0 Å². The molecule has 0 bridgehead atoms. The summed E-state index contributed by atoms with van der Waals surface area (Å²) in [5, 5.41) is 8.04. The number of halogens is 1. The first kappa shape index (κ1) is 10.9. The van der Waals surface area contributed by atoms with Gasteiger partial charge in [0.1, 0.15) is 12.3 Å². The molecule has 16 heavy (non-hydrogen) atoms.